The van der Waals surface area contributed by atoms with Gasteiger partial charge in [-0.3, -0.25) is 0 Å². The maximum Gasteiger partial charge on any atom is 0.162 e. The van der Waals surface area contributed by atoms with Gasteiger partial charge < -0.3 is 9.47 Å². The van der Waals surface area contributed by atoms with E-state index in [2.05, 4.69) is 24.2 Å². The van der Waals surface area contributed by atoms with Crippen LogP contribution in [0.5, 0.6) is 11.5 Å². The van der Waals surface area contributed by atoms with Gasteiger partial charge in [0.2, 0.25) is 0 Å². The molecule has 2 aromatic rings. The van der Waals surface area contributed by atoms with Crippen molar-refractivity contribution in [1.82, 2.24) is 5.32 Å². The third kappa shape index (κ3) is 4.02. The van der Waals surface area contributed by atoms with Crippen LogP contribution < -0.4 is 14.8 Å². The summed E-state index contributed by atoms with van der Waals surface area (Å²) in [4.78, 5) is 4.50. The average Bonchev–Trinajstić information content (AvgIpc) is 3.07. The van der Waals surface area contributed by atoms with Gasteiger partial charge in [0.1, 0.15) is 0 Å². The van der Waals surface area contributed by atoms with Gasteiger partial charge >= 0.3 is 0 Å². The number of ether oxygens (including phenoxy) is 2. The minimum absolute atomic E-state index is 0.192. The van der Waals surface area contributed by atoms with Crippen LogP contribution in [0.2, 0.25) is 0 Å². The fourth-order valence-corrected chi connectivity index (χ4v) is 2.69. The summed E-state index contributed by atoms with van der Waals surface area (Å²) < 4.78 is 11.5. The van der Waals surface area contributed by atoms with Gasteiger partial charge in [-0.15, -0.1) is 0 Å². The lowest BCUT2D eigenvalue weighted by Gasteiger charge is -2.18. The lowest BCUT2D eigenvalue weighted by atomic mass is 10.1. The Kier molecular flexibility index (Phi) is 5.39. The second kappa shape index (κ2) is 7.88. The van der Waals surface area contributed by atoms with Crippen molar-refractivity contribution >= 4 is 23.3 Å². The minimum atomic E-state index is 0.192. The third-order valence-corrected chi connectivity index (χ3v) is 4.17. The monoisotopic (exact) mass is 335 g/mol. The Labute approximate surface area is 149 Å². The average molecular weight is 335 g/mol. The van der Waals surface area contributed by atoms with E-state index in [4.69, 9.17) is 9.47 Å². The molecule has 0 amide bonds. The molecule has 0 bridgehead atoms. The lowest BCUT2D eigenvalue weighted by molar-refractivity contribution is 0.185. The summed E-state index contributed by atoms with van der Waals surface area (Å²) in [7, 11) is 1.66. The fourth-order valence-electron chi connectivity index (χ4n) is 2.69. The lowest BCUT2D eigenvalue weighted by Crippen LogP contribution is -2.14. The number of nitrogens with zero attached hydrogens (tertiary/aromatic N) is 2. The van der Waals surface area contributed by atoms with Crippen LogP contribution >= 0.6 is 0 Å². The Balaban J connectivity index is 1.77. The van der Waals surface area contributed by atoms with Crippen LogP contribution in [-0.2, 0) is 0 Å². The molecule has 1 radical (unpaired) electrons. The molecule has 0 fully saturated rings. The number of fused-ring (bicyclic) bond motifs is 1. The molecule has 1 heterocycles. The van der Waals surface area contributed by atoms with E-state index in [1.54, 1.807) is 7.11 Å². The molecule has 4 heteroatoms. The number of para-hydroxylation sites is 2. The highest BCUT2D eigenvalue weighted by Crippen LogP contribution is 2.32. The highest BCUT2D eigenvalue weighted by molar-refractivity contribution is 6.05. The van der Waals surface area contributed by atoms with Crippen LogP contribution in [0.1, 0.15) is 32.3 Å². The van der Waals surface area contributed by atoms with Gasteiger partial charge in [0.25, 0.3) is 0 Å². The van der Waals surface area contributed by atoms with Crippen LogP contribution in [0.15, 0.2) is 53.5 Å². The largest absolute Gasteiger partial charge is 0.493 e. The topological polar surface area (TPSA) is 44.9 Å². The van der Waals surface area contributed by atoms with Crippen LogP contribution in [0.25, 0.3) is 6.08 Å². The molecule has 0 saturated carbocycles. The van der Waals surface area contributed by atoms with Crippen LogP contribution in [0.4, 0.5) is 11.4 Å². The van der Waals surface area contributed by atoms with Crippen LogP contribution in [0, 0.1) is 0 Å². The van der Waals surface area contributed by atoms with Crippen molar-refractivity contribution < 1.29 is 9.47 Å². The number of hydrogen-bond acceptors (Lipinski definition) is 3. The first kappa shape index (κ1) is 17.1. The molecule has 0 unspecified atom stereocenters. The first-order valence-electron chi connectivity index (χ1n) is 8.65. The van der Waals surface area contributed by atoms with E-state index in [9.17, 15) is 0 Å². The second-order valence-electron chi connectivity index (χ2n) is 5.87. The van der Waals surface area contributed by atoms with Gasteiger partial charge in [-0.1, -0.05) is 38.1 Å². The molecule has 0 atom stereocenters. The quantitative estimate of drug-likeness (QED) is 0.693. The predicted molar refractivity (Wildman–Crippen MR) is 102 cm³/mol. The van der Waals surface area contributed by atoms with E-state index < -0.39 is 0 Å². The smallest absolute Gasteiger partial charge is 0.162 e. The molecule has 0 aromatic heterocycles. The molecule has 0 saturated heterocycles. The maximum absolute atomic E-state index is 6.09. The zero-order valence-electron chi connectivity index (χ0n) is 14.9. The van der Waals surface area contributed by atoms with Crippen molar-refractivity contribution in [3.8, 4) is 11.5 Å². The van der Waals surface area contributed by atoms with Crippen molar-refractivity contribution in [2.24, 2.45) is 4.99 Å². The molecule has 0 aliphatic carbocycles. The van der Waals surface area contributed by atoms with Gasteiger partial charge in [-0.25, -0.2) is 10.3 Å². The number of methoxy groups -OCH3 is 1. The Morgan fingerprint density at radius 2 is 1.72 bits per heavy atom. The zero-order chi connectivity index (χ0) is 17.6. The second-order valence-corrected chi connectivity index (χ2v) is 5.87. The van der Waals surface area contributed by atoms with Crippen molar-refractivity contribution in [2.45, 2.75) is 32.8 Å². The number of rotatable bonds is 7. The summed E-state index contributed by atoms with van der Waals surface area (Å²) in [6, 6.07) is 13.8. The molecule has 4 nitrogen and oxygen atoms in total. The number of amidine groups is 1. The summed E-state index contributed by atoms with van der Waals surface area (Å²) >= 11 is 0. The molecule has 1 aliphatic heterocycles. The molecular weight excluding hydrogens is 312 g/mol. The van der Waals surface area contributed by atoms with Gasteiger partial charge in [0.05, 0.1) is 24.6 Å². The van der Waals surface area contributed by atoms with E-state index in [-0.39, 0.29) is 6.10 Å². The Morgan fingerprint density at radius 3 is 2.40 bits per heavy atom. The molecule has 129 valence electrons. The molecular formula is C21H23N2O2. The number of aliphatic imine (C=N–C) groups is 1. The van der Waals surface area contributed by atoms with E-state index in [1.165, 1.54) is 0 Å². The standard InChI is InChI=1S/C21H23N2O2/c1-4-16(5-2)25-20-14-15(10-12-19(20)24-3)11-13-21-22-17-8-6-7-9-18(17)23-21/h6-14,16H,4-5H2,1-3H3. The fraction of sp³-hybridized carbons (Fsp3) is 0.286. The Hall–Kier alpha value is -2.75. The maximum atomic E-state index is 6.09. The molecule has 0 N–H and O–H groups in total. The van der Waals surface area contributed by atoms with Crippen molar-refractivity contribution in [3.63, 3.8) is 0 Å². The molecule has 2 aromatic carbocycles. The van der Waals surface area contributed by atoms with Gasteiger partial charge in [-0.2, -0.15) is 0 Å². The summed E-state index contributed by atoms with van der Waals surface area (Å²) in [5.41, 5.74) is 2.85. The van der Waals surface area contributed by atoms with Gasteiger partial charge in [0, 0.05) is 0 Å². The molecule has 3 rings (SSSR count). The molecule has 0 spiro atoms. The van der Waals surface area contributed by atoms with Crippen LogP contribution in [-0.4, -0.2) is 19.0 Å². The highest BCUT2D eigenvalue weighted by Gasteiger charge is 2.13. The predicted octanol–water partition coefficient (Wildman–Crippen LogP) is 5.26. The molecule has 25 heavy (non-hydrogen) atoms. The van der Waals surface area contributed by atoms with Crippen molar-refractivity contribution in [1.29, 1.82) is 0 Å². The van der Waals surface area contributed by atoms with Crippen molar-refractivity contribution in [2.75, 3.05) is 7.11 Å². The van der Waals surface area contributed by atoms with Crippen molar-refractivity contribution in [3.05, 3.63) is 54.1 Å². The van der Waals surface area contributed by atoms with Gasteiger partial charge in [0.15, 0.2) is 17.3 Å². The van der Waals surface area contributed by atoms with Crippen LogP contribution in [0.3, 0.4) is 0 Å². The Morgan fingerprint density at radius 1 is 0.960 bits per heavy atom. The normalized spacial score (nSPS) is 12.9. The van der Waals surface area contributed by atoms with Gasteiger partial charge in [-0.05, 0) is 48.7 Å². The van der Waals surface area contributed by atoms with E-state index in [0.29, 0.717) is 5.84 Å². The summed E-state index contributed by atoms with van der Waals surface area (Å²) in [5, 5.41) is 4.50. The summed E-state index contributed by atoms with van der Waals surface area (Å²) in [5.74, 6) is 2.23. The Bertz CT molecular complexity index is 792. The first-order valence-corrected chi connectivity index (χ1v) is 8.65. The summed E-state index contributed by atoms with van der Waals surface area (Å²) in [6.45, 7) is 4.25. The highest BCUT2D eigenvalue weighted by atomic mass is 16.5. The number of benzene rings is 2. The zero-order valence-corrected chi connectivity index (χ0v) is 14.9. The van der Waals surface area contributed by atoms with E-state index in [0.717, 1.165) is 41.3 Å². The third-order valence-electron chi connectivity index (χ3n) is 4.17. The number of hydrogen-bond donors (Lipinski definition) is 0. The molecule has 1 aliphatic rings. The van der Waals surface area contributed by atoms with E-state index in [1.807, 2.05) is 54.6 Å². The SMILES string of the molecule is CCC(CC)Oc1cc(C=CC2=Nc3ccccc3[N]2)ccc1OC. The minimum Gasteiger partial charge on any atom is -0.493 e. The van der Waals surface area contributed by atoms with E-state index >= 15 is 0 Å². The first-order chi connectivity index (χ1) is 12.2. The summed E-state index contributed by atoms with van der Waals surface area (Å²) in [6.07, 6.45) is 6.04.